The first-order valence-corrected chi connectivity index (χ1v) is 7.80. The van der Waals surface area contributed by atoms with E-state index < -0.39 is 0 Å². The number of hydrogen-bond donors (Lipinski definition) is 2. The molecule has 4 nitrogen and oxygen atoms in total. The molecule has 0 aliphatic carbocycles. The summed E-state index contributed by atoms with van der Waals surface area (Å²) in [6.45, 7) is 2.69. The monoisotopic (exact) mass is 303 g/mol. The van der Waals surface area contributed by atoms with Crippen LogP contribution in [0.15, 0.2) is 29.6 Å². The van der Waals surface area contributed by atoms with Gasteiger partial charge in [0.1, 0.15) is 0 Å². The molecule has 0 bridgehead atoms. The Labute approximate surface area is 124 Å². The molecule has 3 rings (SSSR count). The number of rotatable bonds is 4. The lowest BCUT2D eigenvalue weighted by atomic mass is 10.2. The summed E-state index contributed by atoms with van der Waals surface area (Å²) >= 11 is 3.22. The number of nitrogens with one attached hydrogen (secondary N) is 1. The molecule has 2 heterocycles. The van der Waals surface area contributed by atoms with Gasteiger partial charge in [0.05, 0.1) is 20.8 Å². The van der Waals surface area contributed by atoms with Crippen molar-refractivity contribution >= 4 is 44.5 Å². The quantitative estimate of drug-likeness (QED) is 0.776. The van der Waals surface area contributed by atoms with E-state index in [0.29, 0.717) is 12.1 Å². The second-order valence-electron chi connectivity index (χ2n) is 4.43. The Balaban J connectivity index is 1.73. The third-order valence-electron chi connectivity index (χ3n) is 2.90. The zero-order valence-corrected chi connectivity index (χ0v) is 12.5. The van der Waals surface area contributed by atoms with Gasteiger partial charge in [-0.05, 0) is 31.2 Å². The lowest BCUT2D eigenvalue weighted by Gasteiger charge is -2.04. The van der Waals surface area contributed by atoms with Crippen LogP contribution in [0.4, 0.5) is 5.69 Å². The van der Waals surface area contributed by atoms with E-state index >= 15 is 0 Å². The smallest absolute Gasteiger partial charge is 0.249 e. The van der Waals surface area contributed by atoms with Crippen LogP contribution < -0.4 is 11.1 Å². The topological polar surface area (TPSA) is 68.0 Å². The van der Waals surface area contributed by atoms with Crippen LogP contribution in [0.25, 0.3) is 10.2 Å². The number of thiazole rings is 1. The number of amides is 1. The maximum Gasteiger partial charge on any atom is 0.249 e. The Morgan fingerprint density at radius 2 is 2.25 bits per heavy atom. The first-order chi connectivity index (χ1) is 9.61. The minimum atomic E-state index is -0.381. The van der Waals surface area contributed by atoms with E-state index in [1.54, 1.807) is 16.7 Å². The van der Waals surface area contributed by atoms with Crippen molar-refractivity contribution in [2.24, 2.45) is 5.73 Å². The highest BCUT2D eigenvalue weighted by Gasteiger charge is 2.05. The van der Waals surface area contributed by atoms with E-state index in [9.17, 15) is 4.79 Å². The number of anilines is 1. The first kappa shape index (κ1) is 13.1. The highest BCUT2D eigenvalue weighted by Crippen LogP contribution is 2.25. The molecule has 1 amide bonds. The van der Waals surface area contributed by atoms with Gasteiger partial charge >= 0.3 is 0 Å². The second-order valence-corrected chi connectivity index (χ2v) is 6.67. The molecule has 0 aliphatic rings. The van der Waals surface area contributed by atoms with Crippen molar-refractivity contribution in [2.75, 3.05) is 5.32 Å². The molecular weight excluding hydrogens is 290 g/mol. The van der Waals surface area contributed by atoms with Crippen molar-refractivity contribution in [1.29, 1.82) is 0 Å². The van der Waals surface area contributed by atoms with Crippen LogP contribution in [-0.2, 0) is 6.54 Å². The number of fused-ring (bicyclic) bond motifs is 1. The SMILES string of the molecule is Cc1nc2ccc(NCc3cc(C(N)=O)cs3)cc2s1. The highest BCUT2D eigenvalue weighted by atomic mass is 32.1. The largest absolute Gasteiger partial charge is 0.380 e. The van der Waals surface area contributed by atoms with Gasteiger partial charge in [-0.1, -0.05) is 0 Å². The van der Waals surface area contributed by atoms with Crippen molar-refractivity contribution < 1.29 is 4.79 Å². The third kappa shape index (κ3) is 2.66. The van der Waals surface area contributed by atoms with Crippen LogP contribution in [-0.4, -0.2) is 10.9 Å². The molecule has 0 saturated carbocycles. The van der Waals surface area contributed by atoms with E-state index in [1.165, 1.54) is 16.0 Å². The van der Waals surface area contributed by atoms with Crippen molar-refractivity contribution in [1.82, 2.24) is 4.98 Å². The normalized spacial score (nSPS) is 10.8. The molecule has 0 atom stereocenters. The number of hydrogen-bond acceptors (Lipinski definition) is 5. The molecule has 102 valence electrons. The fourth-order valence-corrected chi connectivity index (χ4v) is 3.62. The predicted octanol–water partition coefficient (Wildman–Crippen LogP) is 3.38. The van der Waals surface area contributed by atoms with Gasteiger partial charge in [-0.3, -0.25) is 4.79 Å². The van der Waals surface area contributed by atoms with E-state index in [1.807, 2.05) is 25.1 Å². The number of aryl methyl sites for hydroxylation is 1. The average Bonchev–Trinajstić information content (AvgIpc) is 3.00. The minimum absolute atomic E-state index is 0.381. The molecule has 2 aromatic heterocycles. The van der Waals surface area contributed by atoms with Gasteiger partial charge in [0.15, 0.2) is 0 Å². The zero-order valence-electron chi connectivity index (χ0n) is 10.8. The van der Waals surface area contributed by atoms with Gasteiger partial charge in [0.25, 0.3) is 0 Å². The fourth-order valence-electron chi connectivity index (χ4n) is 1.94. The lowest BCUT2D eigenvalue weighted by molar-refractivity contribution is 0.100. The molecule has 6 heteroatoms. The minimum Gasteiger partial charge on any atom is -0.380 e. The van der Waals surface area contributed by atoms with Crippen LogP contribution in [0.3, 0.4) is 0 Å². The molecule has 0 fully saturated rings. The molecule has 0 spiro atoms. The van der Waals surface area contributed by atoms with Crippen LogP contribution in [0.2, 0.25) is 0 Å². The average molecular weight is 303 g/mol. The number of thiophene rings is 1. The van der Waals surface area contributed by atoms with E-state index in [0.717, 1.165) is 21.1 Å². The number of nitrogens with two attached hydrogens (primary N) is 1. The summed E-state index contributed by atoms with van der Waals surface area (Å²) in [7, 11) is 0. The number of aromatic nitrogens is 1. The summed E-state index contributed by atoms with van der Waals surface area (Å²) in [5.41, 5.74) is 7.89. The number of benzene rings is 1. The maximum absolute atomic E-state index is 11.0. The molecule has 0 unspecified atom stereocenters. The molecule has 1 aromatic carbocycles. The maximum atomic E-state index is 11.0. The van der Waals surface area contributed by atoms with Gasteiger partial charge in [0, 0.05) is 22.5 Å². The lowest BCUT2D eigenvalue weighted by Crippen LogP contribution is -2.09. The number of carbonyl (C=O) groups excluding carboxylic acids is 1. The van der Waals surface area contributed by atoms with Crippen LogP contribution in [0.5, 0.6) is 0 Å². The number of primary amides is 1. The Morgan fingerprint density at radius 3 is 3.00 bits per heavy atom. The van der Waals surface area contributed by atoms with Crippen molar-refractivity contribution in [2.45, 2.75) is 13.5 Å². The predicted molar refractivity (Wildman–Crippen MR) is 84.5 cm³/mol. The molecule has 3 aromatic rings. The van der Waals surface area contributed by atoms with Crippen molar-refractivity contribution in [3.05, 3.63) is 45.1 Å². The molecule has 0 aliphatic heterocycles. The van der Waals surface area contributed by atoms with Crippen molar-refractivity contribution in [3.8, 4) is 0 Å². The van der Waals surface area contributed by atoms with Gasteiger partial charge in [-0.25, -0.2) is 4.98 Å². The Kier molecular flexibility index (Phi) is 3.42. The molecular formula is C14H13N3OS2. The second kappa shape index (κ2) is 5.22. The van der Waals surface area contributed by atoms with E-state index in [2.05, 4.69) is 16.4 Å². The Morgan fingerprint density at radius 1 is 1.40 bits per heavy atom. The third-order valence-corrected chi connectivity index (χ3v) is 4.77. The van der Waals surface area contributed by atoms with Crippen LogP contribution >= 0.6 is 22.7 Å². The van der Waals surface area contributed by atoms with E-state index in [-0.39, 0.29) is 5.91 Å². The molecule has 3 N–H and O–H groups in total. The van der Waals surface area contributed by atoms with E-state index in [4.69, 9.17) is 5.73 Å². The summed E-state index contributed by atoms with van der Waals surface area (Å²) in [6.07, 6.45) is 0. The summed E-state index contributed by atoms with van der Waals surface area (Å²) in [4.78, 5) is 16.6. The summed E-state index contributed by atoms with van der Waals surface area (Å²) in [6, 6.07) is 7.96. The highest BCUT2D eigenvalue weighted by molar-refractivity contribution is 7.18. The first-order valence-electron chi connectivity index (χ1n) is 6.10. The summed E-state index contributed by atoms with van der Waals surface area (Å²) < 4.78 is 1.18. The van der Waals surface area contributed by atoms with Gasteiger partial charge < -0.3 is 11.1 Å². The number of nitrogens with zero attached hydrogens (tertiary/aromatic N) is 1. The Bertz CT molecular complexity index is 776. The molecule has 0 radical (unpaired) electrons. The summed E-state index contributed by atoms with van der Waals surface area (Å²) in [5.74, 6) is -0.381. The van der Waals surface area contributed by atoms with Crippen LogP contribution in [0.1, 0.15) is 20.2 Å². The summed E-state index contributed by atoms with van der Waals surface area (Å²) in [5, 5.41) is 6.21. The zero-order chi connectivity index (χ0) is 14.1. The molecule has 20 heavy (non-hydrogen) atoms. The Hall–Kier alpha value is -1.92. The van der Waals surface area contributed by atoms with Gasteiger partial charge in [-0.15, -0.1) is 22.7 Å². The van der Waals surface area contributed by atoms with Crippen LogP contribution in [0, 0.1) is 6.92 Å². The van der Waals surface area contributed by atoms with Gasteiger partial charge in [0.2, 0.25) is 5.91 Å². The van der Waals surface area contributed by atoms with Crippen molar-refractivity contribution in [3.63, 3.8) is 0 Å². The number of carbonyl (C=O) groups is 1. The molecule has 0 saturated heterocycles. The fraction of sp³-hybridized carbons (Fsp3) is 0.143. The van der Waals surface area contributed by atoms with Gasteiger partial charge in [-0.2, -0.15) is 0 Å². The standard InChI is InChI=1S/C14H13N3OS2/c1-8-17-12-3-2-10(5-13(12)20-8)16-6-11-4-9(7-19-11)14(15)18/h2-5,7,16H,6H2,1H3,(H2,15,18).